The fourth-order valence-electron chi connectivity index (χ4n) is 2.27. The fraction of sp³-hybridized carbons (Fsp3) is 0.571. The van der Waals surface area contributed by atoms with Crippen molar-refractivity contribution in [3.05, 3.63) is 23.9 Å². The third-order valence-corrected chi connectivity index (χ3v) is 3.53. The quantitative estimate of drug-likeness (QED) is 0.448. The minimum absolute atomic E-state index is 0. The van der Waals surface area contributed by atoms with Crippen LogP contribution in [0.25, 0.3) is 0 Å². The largest absolute Gasteiger partial charge is 0.378 e. The van der Waals surface area contributed by atoms with Crippen molar-refractivity contribution in [1.82, 2.24) is 10.3 Å². The number of ether oxygens (including phenoxy) is 1. The predicted octanol–water partition coefficient (Wildman–Crippen LogP) is 1.10. The number of anilines is 1. The summed E-state index contributed by atoms with van der Waals surface area (Å²) in [5.74, 6) is 1.53. The first-order chi connectivity index (χ1) is 9.83. The lowest BCUT2D eigenvalue weighted by Crippen LogP contribution is -2.37. The van der Waals surface area contributed by atoms with Gasteiger partial charge in [0.1, 0.15) is 5.82 Å². The summed E-state index contributed by atoms with van der Waals surface area (Å²) in [6.45, 7) is 3.83. The molecule has 0 atom stereocenters. The van der Waals surface area contributed by atoms with Crippen LogP contribution in [-0.4, -0.2) is 43.3 Å². The van der Waals surface area contributed by atoms with Gasteiger partial charge in [-0.2, -0.15) is 0 Å². The van der Waals surface area contributed by atoms with Crippen molar-refractivity contribution >= 4 is 35.8 Å². The van der Waals surface area contributed by atoms with Crippen LogP contribution in [0.2, 0.25) is 0 Å². The second kappa shape index (κ2) is 7.79. The zero-order chi connectivity index (χ0) is 13.8. The maximum atomic E-state index is 5.88. The minimum Gasteiger partial charge on any atom is -0.378 e. The average molecular weight is 403 g/mol. The van der Waals surface area contributed by atoms with Crippen LogP contribution in [0.1, 0.15) is 18.4 Å². The Hall–Kier alpha value is -1.09. The highest BCUT2D eigenvalue weighted by molar-refractivity contribution is 14.0. The Kier molecular flexibility index (Phi) is 6.04. The average Bonchev–Trinajstić information content (AvgIpc) is 3.30. The molecule has 2 heterocycles. The van der Waals surface area contributed by atoms with Gasteiger partial charge in [0.15, 0.2) is 5.96 Å². The summed E-state index contributed by atoms with van der Waals surface area (Å²) in [5.41, 5.74) is 6.98. The maximum absolute atomic E-state index is 5.88. The number of rotatable bonds is 4. The highest BCUT2D eigenvalue weighted by Gasteiger charge is 2.21. The van der Waals surface area contributed by atoms with Gasteiger partial charge < -0.3 is 20.7 Å². The molecule has 0 spiro atoms. The van der Waals surface area contributed by atoms with Crippen molar-refractivity contribution in [2.24, 2.45) is 10.7 Å². The summed E-state index contributed by atoms with van der Waals surface area (Å²) in [6, 6.07) is 4.54. The number of guanidine groups is 1. The number of nitrogens with one attached hydrogen (secondary N) is 1. The molecule has 3 N–H and O–H groups in total. The van der Waals surface area contributed by atoms with E-state index in [0.717, 1.165) is 37.7 Å². The molecular weight excluding hydrogens is 381 g/mol. The molecule has 0 aromatic carbocycles. The van der Waals surface area contributed by atoms with Crippen LogP contribution in [0.4, 0.5) is 5.82 Å². The number of hydrogen-bond donors (Lipinski definition) is 2. The number of nitrogens with zero attached hydrogens (tertiary/aromatic N) is 3. The smallest absolute Gasteiger partial charge is 0.189 e. The van der Waals surface area contributed by atoms with E-state index < -0.39 is 0 Å². The lowest BCUT2D eigenvalue weighted by atomic mass is 10.2. The number of halogens is 1. The van der Waals surface area contributed by atoms with Gasteiger partial charge >= 0.3 is 0 Å². The van der Waals surface area contributed by atoms with Crippen LogP contribution in [0, 0.1) is 0 Å². The first kappa shape index (κ1) is 16.3. The topological polar surface area (TPSA) is 75.8 Å². The molecule has 0 amide bonds. The third-order valence-electron chi connectivity index (χ3n) is 3.53. The molecule has 21 heavy (non-hydrogen) atoms. The van der Waals surface area contributed by atoms with Crippen molar-refractivity contribution in [1.29, 1.82) is 0 Å². The van der Waals surface area contributed by atoms with Crippen LogP contribution in [0.3, 0.4) is 0 Å². The van der Waals surface area contributed by atoms with E-state index in [9.17, 15) is 0 Å². The second-order valence-corrected chi connectivity index (χ2v) is 5.21. The van der Waals surface area contributed by atoms with E-state index in [1.165, 1.54) is 12.8 Å². The van der Waals surface area contributed by atoms with Crippen LogP contribution in [-0.2, 0) is 11.3 Å². The molecule has 1 saturated heterocycles. The first-order valence-corrected chi connectivity index (χ1v) is 7.16. The Bertz CT molecular complexity index is 486. The maximum Gasteiger partial charge on any atom is 0.189 e. The van der Waals surface area contributed by atoms with Gasteiger partial charge in [0.2, 0.25) is 0 Å². The van der Waals surface area contributed by atoms with Gasteiger partial charge in [-0.15, -0.1) is 24.0 Å². The summed E-state index contributed by atoms with van der Waals surface area (Å²) < 4.78 is 5.38. The minimum atomic E-state index is 0. The molecule has 0 radical (unpaired) electrons. The first-order valence-electron chi connectivity index (χ1n) is 7.16. The van der Waals surface area contributed by atoms with Crippen LogP contribution in [0.5, 0.6) is 0 Å². The molecule has 2 fully saturated rings. The number of aliphatic imine (C=N–C) groups is 1. The molecule has 3 rings (SSSR count). The zero-order valence-electron chi connectivity index (χ0n) is 12.0. The Morgan fingerprint density at radius 2 is 2.19 bits per heavy atom. The van der Waals surface area contributed by atoms with E-state index in [1.54, 1.807) is 0 Å². The van der Waals surface area contributed by atoms with Gasteiger partial charge in [-0.25, -0.2) is 9.98 Å². The summed E-state index contributed by atoms with van der Waals surface area (Å²) in [7, 11) is 0. The standard InChI is InChI=1S/C14H21N5O.HI/c15-14(18-12-3-4-12)17-10-11-2-1-5-16-13(11)19-6-8-20-9-7-19;/h1-2,5,12H,3-4,6-10H2,(H3,15,17,18);1H. The summed E-state index contributed by atoms with van der Waals surface area (Å²) >= 11 is 0. The SMILES string of the molecule is I.NC(=NCc1cccnc1N1CCOCC1)NC1CC1. The molecule has 0 unspecified atom stereocenters. The van der Waals surface area contributed by atoms with Gasteiger partial charge in [-0.05, 0) is 18.9 Å². The number of nitrogens with two attached hydrogens (primary N) is 1. The number of aromatic nitrogens is 1. The number of morpholine rings is 1. The third kappa shape index (κ3) is 4.70. The van der Waals surface area contributed by atoms with Crippen molar-refractivity contribution in [3.63, 3.8) is 0 Å². The van der Waals surface area contributed by atoms with E-state index in [-0.39, 0.29) is 24.0 Å². The van der Waals surface area contributed by atoms with E-state index in [1.807, 2.05) is 12.3 Å². The Balaban J connectivity index is 0.00000161. The molecule has 2 aliphatic rings. The molecule has 1 aromatic rings. The van der Waals surface area contributed by atoms with Gasteiger partial charge in [0, 0.05) is 30.9 Å². The highest BCUT2D eigenvalue weighted by atomic mass is 127. The number of hydrogen-bond acceptors (Lipinski definition) is 4. The van der Waals surface area contributed by atoms with Crippen molar-refractivity contribution in [3.8, 4) is 0 Å². The molecule has 6 nitrogen and oxygen atoms in total. The molecule has 1 saturated carbocycles. The van der Waals surface area contributed by atoms with Crippen molar-refractivity contribution < 1.29 is 4.74 Å². The van der Waals surface area contributed by atoms with Crippen molar-refractivity contribution in [2.45, 2.75) is 25.4 Å². The summed E-state index contributed by atoms with van der Waals surface area (Å²) in [5, 5.41) is 3.20. The van der Waals surface area contributed by atoms with Gasteiger partial charge in [-0.3, -0.25) is 0 Å². The van der Waals surface area contributed by atoms with E-state index in [0.29, 0.717) is 18.5 Å². The second-order valence-electron chi connectivity index (χ2n) is 5.21. The van der Waals surface area contributed by atoms with Crippen molar-refractivity contribution in [2.75, 3.05) is 31.2 Å². The molecule has 7 heteroatoms. The summed E-state index contributed by atoms with van der Waals surface area (Å²) in [6.07, 6.45) is 4.22. The van der Waals surface area contributed by atoms with Crippen LogP contribution < -0.4 is 16.0 Å². The van der Waals surface area contributed by atoms with Gasteiger partial charge in [-0.1, -0.05) is 6.07 Å². The molecule has 116 valence electrons. The Morgan fingerprint density at radius 3 is 2.90 bits per heavy atom. The van der Waals surface area contributed by atoms with E-state index >= 15 is 0 Å². The van der Waals surface area contributed by atoms with Crippen LogP contribution in [0.15, 0.2) is 23.3 Å². The highest BCUT2D eigenvalue weighted by Crippen LogP contribution is 2.20. The summed E-state index contributed by atoms with van der Waals surface area (Å²) in [4.78, 5) is 11.2. The molecule has 1 aliphatic carbocycles. The Labute approximate surface area is 142 Å². The van der Waals surface area contributed by atoms with E-state index in [2.05, 4.69) is 26.3 Å². The van der Waals surface area contributed by atoms with Gasteiger partial charge in [0.05, 0.1) is 19.8 Å². The lowest BCUT2D eigenvalue weighted by Gasteiger charge is -2.29. The number of pyridine rings is 1. The fourth-order valence-corrected chi connectivity index (χ4v) is 2.27. The zero-order valence-corrected chi connectivity index (χ0v) is 14.3. The predicted molar refractivity (Wildman–Crippen MR) is 94.2 cm³/mol. The Morgan fingerprint density at radius 1 is 1.43 bits per heavy atom. The monoisotopic (exact) mass is 403 g/mol. The normalized spacial score (nSPS) is 19.0. The molecule has 0 bridgehead atoms. The van der Waals surface area contributed by atoms with Gasteiger partial charge in [0.25, 0.3) is 0 Å². The molecule has 1 aliphatic heterocycles. The molecule has 1 aromatic heterocycles. The van der Waals surface area contributed by atoms with Crippen LogP contribution >= 0.6 is 24.0 Å². The molecular formula is C14H22IN5O. The van der Waals surface area contributed by atoms with E-state index in [4.69, 9.17) is 10.5 Å². The lowest BCUT2D eigenvalue weighted by molar-refractivity contribution is 0.122.